The zero-order valence-electron chi connectivity index (χ0n) is 1.41. The summed E-state index contributed by atoms with van der Waals surface area (Å²) in [6.07, 6.45) is 0. The zero-order chi connectivity index (χ0) is 0. The standard InChI is InChI=1S/Al.ClH.Li.2H2O.4H/h;1H;;2*1H2;;;;. The van der Waals surface area contributed by atoms with Crippen LogP contribution < -0.4 is 0 Å². The van der Waals surface area contributed by atoms with Gasteiger partial charge in [-0.3, -0.25) is 0 Å². The fraction of sp³-hybridized carbons (Fsp3) is 0. The first-order valence-corrected chi connectivity index (χ1v) is 0. The van der Waals surface area contributed by atoms with Gasteiger partial charge in [0.15, 0.2) is 17.4 Å². The van der Waals surface area contributed by atoms with E-state index in [2.05, 4.69) is 0 Å². The average molecular weight is 110 g/mol. The van der Waals surface area contributed by atoms with Gasteiger partial charge in [0.1, 0.15) is 0 Å². The van der Waals surface area contributed by atoms with Crippen molar-refractivity contribution in [2.45, 2.75) is 0 Å². The summed E-state index contributed by atoms with van der Waals surface area (Å²) in [5, 5.41) is 0. The van der Waals surface area contributed by atoms with Crippen LogP contribution in [0.4, 0.5) is 0 Å². The molecule has 0 heterocycles. The van der Waals surface area contributed by atoms with Gasteiger partial charge in [-0.05, 0) is 0 Å². The molecule has 32 valence electrons. The van der Waals surface area contributed by atoms with Gasteiger partial charge < -0.3 is 11.0 Å². The molecule has 5 heavy (non-hydrogen) atoms. The van der Waals surface area contributed by atoms with Crippen molar-refractivity contribution < 1.29 is 11.0 Å². The van der Waals surface area contributed by atoms with Crippen molar-refractivity contribution in [1.29, 1.82) is 0 Å². The summed E-state index contributed by atoms with van der Waals surface area (Å²) in [6.45, 7) is 0. The molecule has 0 amide bonds. The Morgan fingerprint density at radius 3 is 0.800 bits per heavy atom. The SMILES string of the molecule is Cl.O.O.[AlH3].[LiH]. The Balaban J connectivity index is 0. The van der Waals surface area contributed by atoms with E-state index < -0.39 is 0 Å². The van der Waals surface area contributed by atoms with E-state index in [0.29, 0.717) is 0 Å². The first-order valence-electron chi connectivity index (χ1n) is 0. The minimum atomic E-state index is 0. The second-order valence-corrected chi connectivity index (χ2v) is 0. The third kappa shape index (κ3) is 33.2. The van der Waals surface area contributed by atoms with Crippen molar-refractivity contribution in [2.24, 2.45) is 0 Å². The number of hydrogen-bond donors (Lipinski definition) is 0. The molecule has 0 aliphatic carbocycles. The van der Waals surface area contributed by atoms with E-state index in [4.69, 9.17) is 0 Å². The molecule has 4 N–H and O–H groups in total. The zero-order valence-corrected chi connectivity index (χ0v) is 2.22. The third-order valence-corrected chi connectivity index (χ3v) is 0. The van der Waals surface area contributed by atoms with E-state index in [1.165, 1.54) is 0 Å². The van der Waals surface area contributed by atoms with Crippen LogP contribution in [0.5, 0.6) is 0 Å². The molecule has 0 spiro atoms. The van der Waals surface area contributed by atoms with Gasteiger partial charge in [-0.15, -0.1) is 12.4 Å². The summed E-state index contributed by atoms with van der Waals surface area (Å²) >= 11 is 0. The van der Waals surface area contributed by atoms with Crippen molar-refractivity contribution in [3.63, 3.8) is 0 Å². The fourth-order valence-electron chi connectivity index (χ4n) is 0. The summed E-state index contributed by atoms with van der Waals surface area (Å²) < 4.78 is 0. The average Bonchev–Trinajstić information content (AvgIpc) is 0. The molecule has 0 saturated carbocycles. The molecule has 0 rings (SSSR count). The Labute approximate surface area is 59.7 Å². The van der Waals surface area contributed by atoms with Crippen molar-refractivity contribution in [2.75, 3.05) is 0 Å². The predicted molar refractivity (Wildman–Crippen MR) is 31.6 cm³/mol. The topological polar surface area (TPSA) is 63.0 Å². The normalized spacial score (nSPS) is 0. The number of hydrogen-bond acceptors (Lipinski definition) is 0. The summed E-state index contributed by atoms with van der Waals surface area (Å²) in [4.78, 5) is 0. The van der Waals surface area contributed by atoms with Crippen molar-refractivity contribution >= 4 is 48.6 Å². The van der Waals surface area contributed by atoms with Crippen LogP contribution in [0.25, 0.3) is 0 Å². The first kappa shape index (κ1) is 101. The van der Waals surface area contributed by atoms with Crippen LogP contribution in [-0.2, 0) is 0 Å². The molecule has 0 aromatic carbocycles. The van der Waals surface area contributed by atoms with E-state index in [0.717, 1.165) is 0 Å². The monoisotopic (exact) mass is 110 g/mol. The van der Waals surface area contributed by atoms with Gasteiger partial charge in [0, 0.05) is 0 Å². The molecule has 5 heteroatoms. The third-order valence-electron chi connectivity index (χ3n) is 0. The second kappa shape index (κ2) is 56.0. The quantitative estimate of drug-likeness (QED) is 0.297. The Hall–Kier alpha value is 1.34. The molecule has 0 saturated heterocycles. The number of rotatable bonds is 0. The molecule has 0 aromatic rings. The van der Waals surface area contributed by atoms with Gasteiger partial charge in [0.05, 0.1) is 0 Å². The Bertz CT molecular complexity index is 9.61. The summed E-state index contributed by atoms with van der Waals surface area (Å²) in [7, 11) is 0. The Kier molecular flexibility index (Phi) is 1130. The van der Waals surface area contributed by atoms with Crippen LogP contribution in [0, 0.1) is 0 Å². The maximum atomic E-state index is 0. The summed E-state index contributed by atoms with van der Waals surface area (Å²) in [5.74, 6) is 0. The molecule has 0 bridgehead atoms. The molecule has 0 fully saturated rings. The van der Waals surface area contributed by atoms with E-state index in [9.17, 15) is 0 Å². The maximum absolute atomic E-state index is 0. The van der Waals surface area contributed by atoms with Crippen molar-refractivity contribution in [3.05, 3.63) is 0 Å². The minimum absolute atomic E-state index is 0. The molecule has 0 aromatic heterocycles. The predicted octanol–water partition coefficient (Wildman–Crippen LogP) is -3.06. The molecule has 0 atom stereocenters. The van der Waals surface area contributed by atoms with E-state index in [1.807, 2.05) is 0 Å². The van der Waals surface area contributed by atoms with Gasteiger partial charge in [-0.25, -0.2) is 0 Å². The summed E-state index contributed by atoms with van der Waals surface area (Å²) in [5.41, 5.74) is 0. The van der Waals surface area contributed by atoms with Gasteiger partial charge in [0.2, 0.25) is 0 Å². The first-order chi connectivity index (χ1) is 0. The van der Waals surface area contributed by atoms with E-state index in [1.54, 1.807) is 0 Å². The molecule has 0 radical (unpaired) electrons. The van der Waals surface area contributed by atoms with Crippen LogP contribution in [0.15, 0.2) is 0 Å². The van der Waals surface area contributed by atoms with Crippen LogP contribution in [-0.4, -0.2) is 47.2 Å². The van der Waals surface area contributed by atoms with Gasteiger partial charge >= 0.3 is 18.9 Å². The van der Waals surface area contributed by atoms with Gasteiger partial charge in [-0.2, -0.15) is 0 Å². The Morgan fingerprint density at radius 2 is 0.800 bits per heavy atom. The fourth-order valence-corrected chi connectivity index (χ4v) is 0. The van der Waals surface area contributed by atoms with Crippen LogP contribution in [0.2, 0.25) is 0 Å². The molecular weight excluding hydrogens is 101 g/mol. The summed E-state index contributed by atoms with van der Waals surface area (Å²) in [6, 6.07) is 0. The van der Waals surface area contributed by atoms with Gasteiger partial charge in [-0.1, -0.05) is 0 Å². The molecular formula is H9AlClLiO2. The van der Waals surface area contributed by atoms with Crippen molar-refractivity contribution in [1.82, 2.24) is 0 Å². The van der Waals surface area contributed by atoms with E-state index >= 15 is 0 Å². The molecule has 0 aliphatic heterocycles. The van der Waals surface area contributed by atoms with Gasteiger partial charge in [0.25, 0.3) is 0 Å². The van der Waals surface area contributed by atoms with Crippen LogP contribution in [0.3, 0.4) is 0 Å². The molecule has 2 nitrogen and oxygen atoms in total. The molecule has 0 aliphatic rings. The van der Waals surface area contributed by atoms with Crippen LogP contribution >= 0.6 is 12.4 Å². The number of halogens is 1. The molecule has 0 unspecified atom stereocenters. The van der Waals surface area contributed by atoms with E-state index in [-0.39, 0.29) is 59.6 Å². The van der Waals surface area contributed by atoms with Crippen molar-refractivity contribution in [3.8, 4) is 0 Å². The Morgan fingerprint density at radius 1 is 0.800 bits per heavy atom. The second-order valence-electron chi connectivity index (χ2n) is 0. The van der Waals surface area contributed by atoms with Crippen LogP contribution in [0.1, 0.15) is 0 Å².